The van der Waals surface area contributed by atoms with Crippen LogP contribution < -0.4 is 5.32 Å². The lowest BCUT2D eigenvalue weighted by atomic mass is 10.1. The Morgan fingerprint density at radius 3 is 2.44 bits per heavy atom. The van der Waals surface area contributed by atoms with Crippen LogP contribution in [0.15, 0.2) is 15.9 Å². The van der Waals surface area contributed by atoms with Crippen LogP contribution in [0.5, 0.6) is 0 Å². The number of halogens is 1. The van der Waals surface area contributed by atoms with Crippen LogP contribution in [0.4, 0.5) is 0 Å². The number of nitrogens with one attached hydrogen (secondary N) is 1. The minimum Gasteiger partial charge on any atom is -0.481 e. The van der Waals surface area contributed by atoms with Crippen LogP contribution in [0.1, 0.15) is 22.5 Å². The molecule has 1 unspecified atom stereocenters. The summed E-state index contributed by atoms with van der Waals surface area (Å²) >= 11 is 4.36. The zero-order valence-electron chi connectivity index (χ0n) is 9.05. The lowest BCUT2D eigenvalue weighted by Crippen LogP contribution is -2.40. The first kappa shape index (κ1) is 14.7. The summed E-state index contributed by atoms with van der Waals surface area (Å²) in [6, 6.07) is 2.03. The highest BCUT2D eigenvalue weighted by molar-refractivity contribution is 9.11. The number of hydrogen-bond acceptors (Lipinski definition) is 4. The highest BCUT2D eigenvalue weighted by Crippen LogP contribution is 2.22. The summed E-state index contributed by atoms with van der Waals surface area (Å²) in [4.78, 5) is 33.3. The molecule has 1 aromatic heterocycles. The molecule has 0 saturated carbocycles. The van der Waals surface area contributed by atoms with Gasteiger partial charge in [0.25, 0.3) is 5.91 Å². The molecule has 18 heavy (non-hydrogen) atoms. The fourth-order valence-electron chi connectivity index (χ4n) is 1.19. The lowest BCUT2D eigenvalue weighted by Gasteiger charge is -2.12. The highest BCUT2D eigenvalue weighted by Gasteiger charge is 2.22. The molecular formula is C10H10BrNO5S. The van der Waals surface area contributed by atoms with Crippen molar-refractivity contribution in [1.82, 2.24) is 5.32 Å². The van der Waals surface area contributed by atoms with Gasteiger partial charge in [0.05, 0.1) is 8.66 Å². The van der Waals surface area contributed by atoms with Gasteiger partial charge in [0.2, 0.25) is 0 Å². The molecule has 1 heterocycles. The summed E-state index contributed by atoms with van der Waals surface area (Å²) in [5, 5.41) is 19.7. The van der Waals surface area contributed by atoms with Gasteiger partial charge in [-0.25, -0.2) is 4.79 Å². The molecule has 1 amide bonds. The smallest absolute Gasteiger partial charge is 0.326 e. The van der Waals surface area contributed by atoms with Crippen LogP contribution in [0.25, 0.3) is 0 Å². The molecule has 1 atom stereocenters. The second kappa shape index (κ2) is 6.50. The standard InChI is InChI=1S/C10H10BrNO5S/c11-7-3-2-6(18-7)9(15)12-5(10(16)17)1-4-8(13)14/h2-3,5H,1,4H2,(H,12,15)(H,13,14)(H,16,17). The van der Waals surface area contributed by atoms with Crippen LogP contribution in [-0.4, -0.2) is 34.1 Å². The number of carbonyl (C=O) groups excluding carboxylic acids is 1. The molecule has 1 rings (SSSR count). The van der Waals surface area contributed by atoms with Gasteiger partial charge in [-0.2, -0.15) is 0 Å². The zero-order chi connectivity index (χ0) is 13.7. The van der Waals surface area contributed by atoms with Gasteiger partial charge in [-0.15, -0.1) is 11.3 Å². The van der Waals surface area contributed by atoms with E-state index in [9.17, 15) is 14.4 Å². The van der Waals surface area contributed by atoms with E-state index in [-0.39, 0.29) is 12.8 Å². The molecule has 1 aromatic rings. The van der Waals surface area contributed by atoms with E-state index in [1.165, 1.54) is 11.3 Å². The maximum atomic E-state index is 11.7. The third-order valence-corrected chi connectivity index (χ3v) is 3.67. The summed E-state index contributed by atoms with van der Waals surface area (Å²) in [5.74, 6) is -2.88. The second-order valence-electron chi connectivity index (χ2n) is 3.40. The van der Waals surface area contributed by atoms with E-state index < -0.39 is 23.9 Å². The monoisotopic (exact) mass is 335 g/mol. The number of carbonyl (C=O) groups is 3. The minimum absolute atomic E-state index is 0.150. The number of carboxylic acid groups (broad SMARTS) is 2. The van der Waals surface area contributed by atoms with Crippen LogP contribution in [-0.2, 0) is 9.59 Å². The highest BCUT2D eigenvalue weighted by atomic mass is 79.9. The lowest BCUT2D eigenvalue weighted by molar-refractivity contribution is -0.140. The largest absolute Gasteiger partial charge is 0.481 e. The van der Waals surface area contributed by atoms with Crippen molar-refractivity contribution >= 4 is 45.1 Å². The Labute approximate surface area is 115 Å². The molecule has 6 nitrogen and oxygen atoms in total. The molecule has 0 saturated heterocycles. The van der Waals surface area contributed by atoms with Gasteiger partial charge >= 0.3 is 11.9 Å². The van der Waals surface area contributed by atoms with Crippen molar-refractivity contribution in [2.75, 3.05) is 0 Å². The third-order valence-electron chi connectivity index (χ3n) is 2.05. The van der Waals surface area contributed by atoms with Gasteiger partial charge in [0.15, 0.2) is 0 Å². The maximum Gasteiger partial charge on any atom is 0.326 e. The van der Waals surface area contributed by atoms with Crippen molar-refractivity contribution in [3.05, 3.63) is 20.8 Å². The Bertz CT molecular complexity index is 473. The second-order valence-corrected chi connectivity index (χ2v) is 5.86. The Kier molecular flexibility index (Phi) is 5.29. The predicted octanol–water partition coefficient (Wildman–Crippen LogP) is 1.56. The number of thiophene rings is 1. The van der Waals surface area contributed by atoms with Crippen molar-refractivity contribution in [1.29, 1.82) is 0 Å². The molecule has 0 aliphatic rings. The van der Waals surface area contributed by atoms with E-state index in [0.717, 1.165) is 3.79 Å². The molecule has 8 heteroatoms. The Balaban J connectivity index is 2.63. The van der Waals surface area contributed by atoms with E-state index in [2.05, 4.69) is 21.2 Å². The van der Waals surface area contributed by atoms with E-state index in [0.29, 0.717) is 4.88 Å². The summed E-state index contributed by atoms with van der Waals surface area (Å²) in [6.07, 6.45) is -0.464. The molecule has 0 radical (unpaired) electrons. The number of aliphatic carboxylic acids is 2. The number of carboxylic acids is 2. The summed E-state index contributed by atoms with van der Waals surface area (Å²) in [6.45, 7) is 0. The topological polar surface area (TPSA) is 104 Å². The van der Waals surface area contributed by atoms with Crippen LogP contribution >= 0.6 is 27.3 Å². The number of hydrogen-bond donors (Lipinski definition) is 3. The third kappa shape index (κ3) is 4.46. The quantitative estimate of drug-likeness (QED) is 0.731. The van der Waals surface area contributed by atoms with Gasteiger partial charge in [0, 0.05) is 6.42 Å². The van der Waals surface area contributed by atoms with Crippen molar-refractivity contribution in [3.8, 4) is 0 Å². The molecular weight excluding hydrogens is 326 g/mol. The normalized spacial score (nSPS) is 11.8. The summed E-state index contributed by atoms with van der Waals surface area (Å²) in [7, 11) is 0. The fourth-order valence-corrected chi connectivity index (χ4v) is 2.48. The SMILES string of the molecule is O=C(O)CCC(NC(=O)c1ccc(Br)s1)C(=O)O. The van der Waals surface area contributed by atoms with Crippen molar-refractivity contribution in [2.24, 2.45) is 0 Å². The first-order chi connectivity index (χ1) is 8.40. The van der Waals surface area contributed by atoms with Crippen LogP contribution in [0.2, 0.25) is 0 Å². The van der Waals surface area contributed by atoms with Crippen LogP contribution in [0, 0.1) is 0 Å². The van der Waals surface area contributed by atoms with E-state index in [4.69, 9.17) is 10.2 Å². The molecule has 3 N–H and O–H groups in total. The number of rotatable bonds is 6. The molecule has 0 aliphatic carbocycles. The zero-order valence-corrected chi connectivity index (χ0v) is 11.5. The molecule has 0 aromatic carbocycles. The van der Waals surface area contributed by atoms with Crippen LogP contribution in [0.3, 0.4) is 0 Å². The number of amides is 1. The van der Waals surface area contributed by atoms with E-state index in [1.54, 1.807) is 12.1 Å². The maximum absolute atomic E-state index is 11.7. The van der Waals surface area contributed by atoms with Crippen molar-refractivity contribution in [3.63, 3.8) is 0 Å². The van der Waals surface area contributed by atoms with E-state index in [1.807, 2.05) is 0 Å². The summed E-state index contributed by atoms with van der Waals surface area (Å²) in [5.41, 5.74) is 0. The van der Waals surface area contributed by atoms with Gasteiger partial charge in [-0.05, 0) is 34.5 Å². The Morgan fingerprint density at radius 1 is 1.33 bits per heavy atom. The van der Waals surface area contributed by atoms with Gasteiger partial charge in [0.1, 0.15) is 6.04 Å². The molecule has 0 fully saturated rings. The van der Waals surface area contributed by atoms with Gasteiger partial charge in [-0.1, -0.05) is 0 Å². The first-order valence-electron chi connectivity index (χ1n) is 4.91. The predicted molar refractivity (Wildman–Crippen MR) is 67.8 cm³/mol. The average Bonchev–Trinajstić information content (AvgIpc) is 2.70. The van der Waals surface area contributed by atoms with Crippen molar-refractivity contribution < 1.29 is 24.6 Å². The molecule has 0 spiro atoms. The van der Waals surface area contributed by atoms with Gasteiger partial charge in [-0.3, -0.25) is 9.59 Å². The van der Waals surface area contributed by atoms with Crippen molar-refractivity contribution in [2.45, 2.75) is 18.9 Å². The summed E-state index contributed by atoms with van der Waals surface area (Å²) < 4.78 is 0.755. The average molecular weight is 336 g/mol. The molecule has 98 valence electrons. The van der Waals surface area contributed by atoms with E-state index >= 15 is 0 Å². The van der Waals surface area contributed by atoms with Gasteiger partial charge < -0.3 is 15.5 Å². The fraction of sp³-hybridized carbons (Fsp3) is 0.300. The molecule has 0 aliphatic heterocycles. The minimum atomic E-state index is -1.25. The first-order valence-corrected chi connectivity index (χ1v) is 6.52. The molecule has 0 bridgehead atoms. The Morgan fingerprint density at radius 2 is 2.00 bits per heavy atom. The Hall–Kier alpha value is -1.41.